The Labute approximate surface area is 560 Å². The van der Waals surface area contributed by atoms with Crippen LogP contribution in [0.4, 0.5) is 17.1 Å². The molecule has 4 amide bonds. The third-order valence-electron chi connectivity index (χ3n) is 20.0. The lowest BCUT2D eigenvalue weighted by molar-refractivity contribution is -0.384. The van der Waals surface area contributed by atoms with Crippen molar-refractivity contribution in [1.82, 2.24) is 39.6 Å². The highest BCUT2D eigenvalue weighted by molar-refractivity contribution is 7.99. The SMILES string of the molecule is CC1(C)CCC(CN2CCN(c3ccc(C(=O)NS(=O)(=O)c4ccc(NCC5CCC(N6CCN(CCCCCCCCSc7cccc8c7CN(C7CCC(=O)NC7=O)C8=O)CC6)CC5)c([N+](=O)[O-])c4)c(Oc4cnc5[nH]ccc5c4)c3)CC2)=C(c2ccc(Cl)cc2)C1. The number of piperazine rings is 2. The molecule has 2 aromatic heterocycles. The molecule has 4 aromatic carbocycles. The van der Waals surface area contributed by atoms with Gasteiger partial charge in [-0.05, 0) is 165 Å². The third kappa shape index (κ3) is 16.1. The van der Waals surface area contributed by atoms with Gasteiger partial charge in [0.15, 0.2) is 0 Å². The molecular formula is C71H86ClN11O9S2. The van der Waals surface area contributed by atoms with E-state index >= 15 is 0 Å². The van der Waals surface area contributed by atoms with Crippen molar-refractivity contribution in [2.24, 2.45) is 11.3 Å². The number of nitrogens with zero attached hydrogens (tertiary/aromatic N) is 7. The molecule has 498 valence electrons. The average molecular weight is 1340 g/mol. The lowest BCUT2D eigenvalue weighted by atomic mass is 9.72. The predicted molar refractivity (Wildman–Crippen MR) is 368 cm³/mol. The molecule has 12 rings (SSSR count). The fourth-order valence-electron chi connectivity index (χ4n) is 14.5. The molecule has 1 unspecified atom stereocenters. The molecule has 3 saturated heterocycles. The van der Waals surface area contributed by atoms with E-state index in [0.29, 0.717) is 61.5 Å². The summed E-state index contributed by atoms with van der Waals surface area (Å²) in [5.74, 6) is -0.000586. The van der Waals surface area contributed by atoms with E-state index in [9.17, 15) is 37.7 Å². The van der Waals surface area contributed by atoms with Crippen LogP contribution in [0.1, 0.15) is 142 Å². The van der Waals surface area contributed by atoms with Gasteiger partial charge in [-0.2, -0.15) is 0 Å². The number of ether oxygens (including phenoxy) is 1. The minimum Gasteiger partial charge on any atom is -0.455 e. The number of hydrogen-bond acceptors (Lipinski definition) is 16. The van der Waals surface area contributed by atoms with Crippen LogP contribution in [0.5, 0.6) is 11.5 Å². The number of aromatic amines is 1. The van der Waals surface area contributed by atoms with E-state index < -0.39 is 37.5 Å². The van der Waals surface area contributed by atoms with Gasteiger partial charge in [-0.15, -0.1) is 11.8 Å². The van der Waals surface area contributed by atoms with Gasteiger partial charge in [-0.3, -0.25) is 44.4 Å². The molecule has 0 spiro atoms. The summed E-state index contributed by atoms with van der Waals surface area (Å²) in [5, 5.41) is 19.7. The summed E-state index contributed by atoms with van der Waals surface area (Å²) >= 11 is 8.07. The number of pyridine rings is 1. The zero-order valence-corrected chi connectivity index (χ0v) is 56.2. The number of rotatable bonds is 25. The average Bonchev–Trinajstić information content (AvgIpc) is 1.70. The number of halogens is 1. The number of imide groups is 1. The summed E-state index contributed by atoms with van der Waals surface area (Å²) < 4.78 is 36.7. The number of hydrogen-bond donors (Lipinski definition) is 4. The molecule has 6 aromatic rings. The van der Waals surface area contributed by atoms with Crippen LogP contribution in [0.15, 0.2) is 119 Å². The molecule has 4 aliphatic heterocycles. The van der Waals surface area contributed by atoms with Gasteiger partial charge >= 0.3 is 0 Å². The van der Waals surface area contributed by atoms with Crippen LogP contribution in [0.2, 0.25) is 5.02 Å². The Morgan fingerprint density at radius 2 is 1.60 bits per heavy atom. The number of benzene rings is 4. The summed E-state index contributed by atoms with van der Waals surface area (Å²) in [6.07, 6.45) is 18.2. The number of H-pyrrole nitrogens is 1. The molecule has 1 atom stereocenters. The zero-order valence-electron chi connectivity index (χ0n) is 53.8. The lowest BCUT2D eigenvalue weighted by Gasteiger charge is -2.42. The number of unbranched alkanes of at least 4 members (excludes halogenated alkanes) is 5. The fraction of sp³-hybridized carbons (Fsp3) is 0.479. The van der Waals surface area contributed by atoms with Crippen molar-refractivity contribution in [2.75, 3.05) is 88.0 Å². The number of fused-ring (bicyclic) bond motifs is 2. The minimum atomic E-state index is -4.61. The van der Waals surface area contributed by atoms with Crippen LogP contribution in [-0.4, -0.2) is 156 Å². The van der Waals surface area contributed by atoms with Crippen LogP contribution < -0.4 is 25.0 Å². The highest BCUT2D eigenvalue weighted by Gasteiger charge is 2.40. The van der Waals surface area contributed by atoms with Crippen LogP contribution in [0.25, 0.3) is 16.6 Å². The molecule has 94 heavy (non-hydrogen) atoms. The molecule has 4 fully saturated rings. The highest BCUT2D eigenvalue weighted by Crippen LogP contribution is 2.44. The molecule has 4 N–H and O–H groups in total. The van der Waals surface area contributed by atoms with Crippen molar-refractivity contribution in [3.8, 4) is 11.5 Å². The van der Waals surface area contributed by atoms with E-state index in [-0.39, 0.29) is 46.6 Å². The number of nitro groups is 1. The number of carbonyl (C=O) groups is 4. The Morgan fingerprint density at radius 1 is 0.840 bits per heavy atom. The zero-order chi connectivity index (χ0) is 65.5. The summed E-state index contributed by atoms with van der Waals surface area (Å²) in [7, 11) is -4.61. The highest BCUT2D eigenvalue weighted by atomic mass is 35.5. The van der Waals surface area contributed by atoms with Gasteiger partial charge in [0.2, 0.25) is 11.8 Å². The second kappa shape index (κ2) is 29.7. The number of nitro benzene ring substituents is 1. The smallest absolute Gasteiger partial charge is 0.293 e. The first-order valence-corrected chi connectivity index (χ1v) is 36.4. The van der Waals surface area contributed by atoms with Crippen LogP contribution in [0.3, 0.4) is 0 Å². The van der Waals surface area contributed by atoms with E-state index in [1.165, 1.54) is 67.1 Å². The molecule has 20 nitrogen and oxygen atoms in total. The van der Waals surface area contributed by atoms with Crippen molar-refractivity contribution in [1.29, 1.82) is 0 Å². The Kier molecular flexibility index (Phi) is 21.1. The second-order valence-corrected chi connectivity index (χ2v) is 30.3. The van der Waals surface area contributed by atoms with E-state index in [1.54, 1.807) is 47.1 Å². The number of aromatic nitrogens is 2. The van der Waals surface area contributed by atoms with Crippen molar-refractivity contribution in [2.45, 2.75) is 139 Å². The van der Waals surface area contributed by atoms with Crippen LogP contribution >= 0.6 is 23.4 Å². The maximum Gasteiger partial charge on any atom is 0.293 e. The van der Waals surface area contributed by atoms with Gasteiger partial charge in [-0.25, -0.2) is 18.1 Å². The molecule has 23 heteroatoms. The molecular weight excluding hydrogens is 1250 g/mol. The molecule has 6 aliphatic rings. The number of carbonyl (C=O) groups excluding carboxylic acids is 4. The Balaban J connectivity index is 0.577. The molecule has 0 radical (unpaired) electrons. The quantitative estimate of drug-likeness (QED) is 0.0137. The van der Waals surface area contributed by atoms with Crippen LogP contribution in [-0.2, 0) is 26.2 Å². The summed E-state index contributed by atoms with van der Waals surface area (Å²) in [4.78, 5) is 83.4. The Bertz CT molecular complexity index is 3910. The van der Waals surface area contributed by atoms with E-state index in [2.05, 4.69) is 77.0 Å². The maximum atomic E-state index is 14.2. The van der Waals surface area contributed by atoms with Crippen molar-refractivity contribution in [3.63, 3.8) is 0 Å². The first-order valence-electron chi connectivity index (χ1n) is 33.5. The van der Waals surface area contributed by atoms with Gasteiger partial charge in [0.1, 0.15) is 28.9 Å². The van der Waals surface area contributed by atoms with Crippen molar-refractivity contribution < 1.29 is 37.3 Å². The topological polar surface area (TPSA) is 236 Å². The lowest BCUT2D eigenvalue weighted by Crippen LogP contribution is -2.52. The number of sulfonamides is 1. The van der Waals surface area contributed by atoms with Gasteiger partial charge in [0.25, 0.3) is 27.5 Å². The number of anilines is 2. The predicted octanol–water partition coefficient (Wildman–Crippen LogP) is 12.3. The first kappa shape index (κ1) is 66.7. The molecule has 1 saturated carbocycles. The Hall–Kier alpha value is -7.34. The minimum absolute atomic E-state index is 0.0377. The summed E-state index contributed by atoms with van der Waals surface area (Å²) in [6.45, 7) is 14.9. The number of allylic oxidation sites excluding steroid dienone is 1. The van der Waals surface area contributed by atoms with E-state index in [4.69, 9.17) is 16.3 Å². The van der Waals surface area contributed by atoms with E-state index in [1.807, 2.05) is 30.3 Å². The largest absolute Gasteiger partial charge is 0.455 e. The number of piperidine rings is 1. The third-order valence-corrected chi connectivity index (χ3v) is 22.8. The number of amides is 4. The normalized spacial score (nSPS) is 20.8. The number of thioether (sulfide) groups is 1. The Morgan fingerprint density at radius 3 is 2.36 bits per heavy atom. The van der Waals surface area contributed by atoms with Gasteiger partial charge in [0.05, 0.1) is 21.6 Å². The van der Waals surface area contributed by atoms with E-state index in [0.717, 1.165) is 142 Å². The van der Waals surface area contributed by atoms with Gasteiger partial charge < -0.3 is 29.7 Å². The molecule has 6 heterocycles. The van der Waals surface area contributed by atoms with Crippen molar-refractivity contribution in [3.05, 3.63) is 146 Å². The summed E-state index contributed by atoms with van der Waals surface area (Å²) in [5.41, 5.74) is 7.21. The standard InChI is InChI=1S/C71H86ClN11O9S2/c1-71(2)28-26-51(59(43-71)49-14-16-52(72)17-15-49)46-79-33-37-81(38-34-79)54-20-22-58(64(41-54)92-55-40-50-27-29-73-67(50)75-45-55)68(85)77-94(90,91)56-21-23-61(63(42-56)83(88)89)74-44-48-12-18-53(19-13-48)80-35-31-78(32-36-80)30-7-5-3-4-6-8-39-93-65-11-9-10-57-60(65)47-82(70(57)87)62-24-25-66(84)76-69(62)86/h9-11,14-17,20-23,27,29,40-42,45,48,53,62,74H,3-8,12-13,18-19,24-26,28,30-39,43-44,46-47H2,1-2H3,(H,73,75)(H,77,85)(H,76,84,86). The molecule has 2 aliphatic carbocycles. The van der Waals surface area contributed by atoms with Crippen molar-refractivity contribution >= 4 is 90.7 Å². The summed E-state index contributed by atoms with van der Waals surface area (Å²) in [6, 6.07) is 26.4. The number of nitrogens with one attached hydrogen (secondary N) is 4. The first-order chi connectivity index (χ1) is 45.4. The maximum absolute atomic E-state index is 14.2. The van der Waals surface area contributed by atoms with Gasteiger partial charge in [0, 0.05) is 129 Å². The second-order valence-electron chi connectivity index (χ2n) is 27.0. The van der Waals surface area contributed by atoms with Crippen LogP contribution in [0, 0.1) is 21.4 Å². The molecule has 0 bridgehead atoms. The monoisotopic (exact) mass is 1340 g/mol. The fourth-order valence-corrected chi connectivity index (χ4v) is 16.7. The van der Waals surface area contributed by atoms with Gasteiger partial charge in [-0.1, -0.05) is 74.9 Å².